The minimum Gasteiger partial charge on any atom is -0.497 e. The van der Waals surface area contributed by atoms with E-state index in [-0.39, 0.29) is 12.1 Å². The standard InChI is InChI=1S/C20H22N2O2/c1-24-18-11-9-16(10-12-18)20(23)22-14-17-8-5-13-21(17)19(22)15-6-3-2-4-7-15/h2-4,6-7,9-12,17,19H,5,8,13-14H2,1H3. The van der Waals surface area contributed by atoms with Gasteiger partial charge < -0.3 is 9.64 Å². The van der Waals surface area contributed by atoms with Crippen LogP contribution in [0.5, 0.6) is 5.75 Å². The summed E-state index contributed by atoms with van der Waals surface area (Å²) in [4.78, 5) is 17.6. The molecule has 0 bridgehead atoms. The highest BCUT2D eigenvalue weighted by Gasteiger charge is 2.44. The van der Waals surface area contributed by atoms with E-state index in [4.69, 9.17) is 4.74 Å². The third-order valence-electron chi connectivity index (χ3n) is 5.14. The molecule has 124 valence electrons. The molecule has 0 aromatic heterocycles. The van der Waals surface area contributed by atoms with Gasteiger partial charge in [-0.3, -0.25) is 9.69 Å². The van der Waals surface area contributed by atoms with Gasteiger partial charge in [0.25, 0.3) is 5.91 Å². The van der Waals surface area contributed by atoms with E-state index in [1.165, 1.54) is 18.4 Å². The largest absolute Gasteiger partial charge is 0.497 e. The highest BCUT2D eigenvalue weighted by Crippen LogP contribution is 2.39. The number of ether oxygens (including phenoxy) is 1. The van der Waals surface area contributed by atoms with Gasteiger partial charge in [-0.2, -0.15) is 0 Å². The first kappa shape index (κ1) is 15.2. The van der Waals surface area contributed by atoms with Gasteiger partial charge >= 0.3 is 0 Å². The Balaban J connectivity index is 1.65. The van der Waals surface area contributed by atoms with Crippen LogP contribution in [0.3, 0.4) is 0 Å². The van der Waals surface area contributed by atoms with Crippen LogP contribution in [0.15, 0.2) is 54.6 Å². The number of fused-ring (bicyclic) bond motifs is 1. The maximum absolute atomic E-state index is 13.1. The van der Waals surface area contributed by atoms with E-state index in [1.807, 2.05) is 35.2 Å². The number of benzene rings is 2. The Bertz CT molecular complexity index is 714. The molecule has 1 amide bonds. The van der Waals surface area contributed by atoms with Crippen molar-refractivity contribution >= 4 is 5.91 Å². The maximum Gasteiger partial charge on any atom is 0.255 e. The molecule has 2 fully saturated rings. The molecule has 2 aliphatic rings. The van der Waals surface area contributed by atoms with E-state index in [9.17, 15) is 4.79 Å². The second-order valence-corrected chi connectivity index (χ2v) is 6.50. The molecule has 2 atom stereocenters. The Labute approximate surface area is 142 Å². The fourth-order valence-corrected chi connectivity index (χ4v) is 3.97. The molecule has 4 nitrogen and oxygen atoms in total. The lowest BCUT2D eigenvalue weighted by molar-refractivity contribution is 0.0639. The van der Waals surface area contributed by atoms with Crippen molar-refractivity contribution in [2.45, 2.75) is 25.0 Å². The molecule has 2 saturated heterocycles. The summed E-state index contributed by atoms with van der Waals surface area (Å²) in [6, 6.07) is 18.3. The number of nitrogens with zero attached hydrogens (tertiary/aromatic N) is 2. The molecule has 0 aliphatic carbocycles. The van der Waals surface area contributed by atoms with Gasteiger partial charge in [0, 0.05) is 24.7 Å². The predicted octanol–water partition coefficient (Wildman–Crippen LogP) is 3.31. The SMILES string of the molecule is COc1ccc(C(=O)N2CC3CCCN3C2c2ccccc2)cc1. The minimum atomic E-state index is 0.0494. The summed E-state index contributed by atoms with van der Waals surface area (Å²) in [6.45, 7) is 1.88. The molecule has 2 aromatic rings. The van der Waals surface area contributed by atoms with E-state index in [0.29, 0.717) is 6.04 Å². The number of hydrogen-bond donors (Lipinski definition) is 0. The number of methoxy groups -OCH3 is 1. The molecule has 2 aromatic carbocycles. The van der Waals surface area contributed by atoms with Crippen LogP contribution in [-0.2, 0) is 0 Å². The molecule has 2 unspecified atom stereocenters. The van der Waals surface area contributed by atoms with Gasteiger partial charge in [-0.05, 0) is 42.7 Å². The maximum atomic E-state index is 13.1. The van der Waals surface area contributed by atoms with Gasteiger partial charge in [0.05, 0.1) is 7.11 Å². The second-order valence-electron chi connectivity index (χ2n) is 6.50. The van der Waals surface area contributed by atoms with Crippen molar-refractivity contribution in [2.24, 2.45) is 0 Å². The first-order chi connectivity index (χ1) is 11.8. The van der Waals surface area contributed by atoms with Gasteiger partial charge in [-0.25, -0.2) is 0 Å². The first-order valence-corrected chi connectivity index (χ1v) is 8.53. The van der Waals surface area contributed by atoms with Gasteiger partial charge in [0.1, 0.15) is 11.9 Å². The van der Waals surface area contributed by atoms with Gasteiger partial charge in [0.2, 0.25) is 0 Å². The van der Waals surface area contributed by atoms with E-state index in [1.54, 1.807) is 7.11 Å². The molecule has 0 saturated carbocycles. The fraction of sp³-hybridized carbons (Fsp3) is 0.350. The van der Waals surface area contributed by atoms with E-state index < -0.39 is 0 Å². The van der Waals surface area contributed by atoms with Crippen molar-refractivity contribution in [3.05, 3.63) is 65.7 Å². The first-order valence-electron chi connectivity index (χ1n) is 8.53. The van der Waals surface area contributed by atoms with Crippen LogP contribution in [0, 0.1) is 0 Å². The number of amides is 1. The van der Waals surface area contributed by atoms with Crippen molar-refractivity contribution in [2.75, 3.05) is 20.2 Å². The van der Waals surface area contributed by atoms with Crippen molar-refractivity contribution < 1.29 is 9.53 Å². The second kappa shape index (κ2) is 6.29. The highest BCUT2D eigenvalue weighted by molar-refractivity contribution is 5.94. The molecule has 2 heterocycles. The van der Waals surface area contributed by atoms with Crippen LogP contribution < -0.4 is 4.74 Å². The summed E-state index contributed by atoms with van der Waals surface area (Å²) < 4.78 is 5.19. The molecule has 4 rings (SSSR count). The molecule has 4 heteroatoms. The summed E-state index contributed by atoms with van der Waals surface area (Å²) in [5.74, 6) is 0.870. The quantitative estimate of drug-likeness (QED) is 0.869. The van der Waals surface area contributed by atoms with Crippen molar-refractivity contribution in [3.63, 3.8) is 0 Å². The number of carbonyl (C=O) groups is 1. The van der Waals surface area contributed by atoms with Crippen LogP contribution in [0.25, 0.3) is 0 Å². The lowest BCUT2D eigenvalue weighted by atomic mass is 10.1. The van der Waals surface area contributed by atoms with Crippen molar-refractivity contribution in [1.82, 2.24) is 9.80 Å². The molecule has 0 spiro atoms. The third-order valence-corrected chi connectivity index (χ3v) is 5.14. The van der Waals surface area contributed by atoms with Gasteiger partial charge in [-0.15, -0.1) is 0 Å². The summed E-state index contributed by atoms with van der Waals surface area (Å²) in [7, 11) is 1.64. The zero-order valence-electron chi connectivity index (χ0n) is 13.9. The van der Waals surface area contributed by atoms with E-state index >= 15 is 0 Å². The average Bonchev–Trinajstić information content (AvgIpc) is 3.23. The van der Waals surface area contributed by atoms with Crippen molar-refractivity contribution in [1.29, 1.82) is 0 Å². The molecular formula is C20H22N2O2. The zero-order valence-corrected chi connectivity index (χ0v) is 13.9. The Morgan fingerprint density at radius 2 is 1.83 bits per heavy atom. The normalized spacial score (nSPS) is 23.3. The third kappa shape index (κ3) is 2.57. The van der Waals surface area contributed by atoms with Crippen LogP contribution in [0.4, 0.5) is 0 Å². The summed E-state index contributed by atoms with van der Waals surface area (Å²) >= 11 is 0. The van der Waals surface area contributed by atoms with Crippen LogP contribution in [0.2, 0.25) is 0 Å². The summed E-state index contributed by atoms with van der Waals surface area (Å²) in [5.41, 5.74) is 1.92. The van der Waals surface area contributed by atoms with E-state index in [2.05, 4.69) is 29.2 Å². The predicted molar refractivity (Wildman–Crippen MR) is 92.9 cm³/mol. The topological polar surface area (TPSA) is 32.8 Å². The molecule has 0 N–H and O–H groups in total. The van der Waals surface area contributed by atoms with Crippen LogP contribution in [0.1, 0.15) is 34.9 Å². The molecular weight excluding hydrogens is 300 g/mol. The van der Waals surface area contributed by atoms with Gasteiger partial charge in [0.15, 0.2) is 0 Å². The smallest absolute Gasteiger partial charge is 0.255 e. The Kier molecular flexibility index (Phi) is 3.98. The monoisotopic (exact) mass is 322 g/mol. The average molecular weight is 322 g/mol. The molecule has 2 aliphatic heterocycles. The highest BCUT2D eigenvalue weighted by atomic mass is 16.5. The number of rotatable bonds is 3. The minimum absolute atomic E-state index is 0.0494. The zero-order chi connectivity index (χ0) is 16.5. The van der Waals surface area contributed by atoms with Crippen LogP contribution >= 0.6 is 0 Å². The Morgan fingerprint density at radius 1 is 1.08 bits per heavy atom. The van der Waals surface area contributed by atoms with E-state index in [0.717, 1.165) is 24.4 Å². The van der Waals surface area contributed by atoms with Crippen LogP contribution in [-0.4, -0.2) is 41.9 Å². The Morgan fingerprint density at radius 3 is 2.54 bits per heavy atom. The number of hydrogen-bond acceptors (Lipinski definition) is 3. The fourth-order valence-electron chi connectivity index (χ4n) is 3.97. The summed E-state index contributed by atoms with van der Waals surface area (Å²) in [6.07, 6.45) is 2.45. The molecule has 24 heavy (non-hydrogen) atoms. The van der Waals surface area contributed by atoms with Crippen molar-refractivity contribution in [3.8, 4) is 5.75 Å². The lowest BCUT2D eigenvalue weighted by Crippen LogP contribution is -2.35. The molecule has 0 radical (unpaired) electrons. The van der Waals surface area contributed by atoms with Gasteiger partial charge in [-0.1, -0.05) is 30.3 Å². The summed E-state index contributed by atoms with van der Waals surface area (Å²) in [5, 5.41) is 0. The Hall–Kier alpha value is -2.33. The number of carbonyl (C=O) groups excluding carboxylic acids is 1. The lowest BCUT2D eigenvalue weighted by Gasteiger charge is -2.30.